The van der Waals surface area contributed by atoms with Crippen LogP contribution in [0.4, 0.5) is 4.79 Å². The lowest BCUT2D eigenvalue weighted by Gasteiger charge is -2.37. The molecule has 1 saturated heterocycles. The molecule has 0 radical (unpaired) electrons. The molecule has 0 bridgehead atoms. The SMILES string of the molecule is CC(C)(C)OC(=O)N1CCC2(CC2)CC1C=O. The first-order chi connectivity index (χ1) is 7.85. The van der Waals surface area contributed by atoms with Crippen molar-refractivity contribution in [2.75, 3.05) is 6.54 Å². The molecule has 1 spiro atoms. The number of rotatable bonds is 1. The smallest absolute Gasteiger partial charge is 0.410 e. The third-order valence-corrected chi connectivity index (χ3v) is 3.67. The molecule has 1 saturated carbocycles. The lowest BCUT2D eigenvalue weighted by molar-refractivity contribution is -0.114. The summed E-state index contributed by atoms with van der Waals surface area (Å²) in [4.78, 5) is 24.7. The van der Waals surface area contributed by atoms with E-state index in [4.69, 9.17) is 4.74 Å². The molecule has 17 heavy (non-hydrogen) atoms. The molecule has 1 unspecified atom stereocenters. The molecule has 4 nitrogen and oxygen atoms in total. The van der Waals surface area contributed by atoms with E-state index in [0.29, 0.717) is 12.0 Å². The van der Waals surface area contributed by atoms with Gasteiger partial charge in [-0.3, -0.25) is 4.90 Å². The number of nitrogens with zero attached hydrogens (tertiary/aromatic N) is 1. The normalized spacial score (nSPS) is 26.8. The molecule has 96 valence electrons. The zero-order chi connectivity index (χ0) is 12.7. The summed E-state index contributed by atoms with van der Waals surface area (Å²) in [7, 11) is 0. The maximum Gasteiger partial charge on any atom is 0.410 e. The maximum absolute atomic E-state index is 12.0. The zero-order valence-corrected chi connectivity index (χ0v) is 10.9. The third-order valence-electron chi connectivity index (χ3n) is 3.67. The van der Waals surface area contributed by atoms with Crippen LogP contribution in [0.1, 0.15) is 46.5 Å². The van der Waals surface area contributed by atoms with Crippen LogP contribution in [0.3, 0.4) is 0 Å². The topological polar surface area (TPSA) is 46.6 Å². The summed E-state index contributed by atoms with van der Waals surface area (Å²) in [5.74, 6) is 0. The van der Waals surface area contributed by atoms with E-state index >= 15 is 0 Å². The van der Waals surface area contributed by atoms with Gasteiger partial charge in [0.25, 0.3) is 0 Å². The van der Waals surface area contributed by atoms with Crippen LogP contribution in [0, 0.1) is 5.41 Å². The van der Waals surface area contributed by atoms with Gasteiger partial charge in [-0.25, -0.2) is 4.79 Å². The largest absolute Gasteiger partial charge is 0.444 e. The summed E-state index contributed by atoms with van der Waals surface area (Å²) >= 11 is 0. The third kappa shape index (κ3) is 2.79. The van der Waals surface area contributed by atoms with Gasteiger partial charge in [0, 0.05) is 6.54 Å². The van der Waals surface area contributed by atoms with Gasteiger partial charge < -0.3 is 9.53 Å². The van der Waals surface area contributed by atoms with Gasteiger partial charge >= 0.3 is 6.09 Å². The Kier molecular flexibility index (Phi) is 2.92. The Morgan fingerprint density at radius 1 is 1.35 bits per heavy atom. The Balaban J connectivity index is 2.00. The Labute approximate surface area is 102 Å². The molecule has 1 amide bonds. The van der Waals surface area contributed by atoms with Crippen molar-refractivity contribution in [1.82, 2.24) is 4.90 Å². The predicted octanol–water partition coefficient (Wildman–Crippen LogP) is 2.37. The molecule has 1 atom stereocenters. The van der Waals surface area contributed by atoms with Crippen LogP contribution >= 0.6 is 0 Å². The van der Waals surface area contributed by atoms with E-state index in [9.17, 15) is 9.59 Å². The van der Waals surface area contributed by atoms with Crippen LogP contribution < -0.4 is 0 Å². The van der Waals surface area contributed by atoms with Gasteiger partial charge in [0.2, 0.25) is 0 Å². The number of hydrogen-bond donors (Lipinski definition) is 0. The lowest BCUT2D eigenvalue weighted by Crippen LogP contribution is -2.49. The van der Waals surface area contributed by atoms with E-state index in [-0.39, 0.29) is 12.1 Å². The average Bonchev–Trinajstić information content (AvgIpc) is 2.95. The molecule has 4 heteroatoms. The summed E-state index contributed by atoms with van der Waals surface area (Å²) in [5, 5.41) is 0. The predicted molar refractivity (Wildman–Crippen MR) is 63.7 cm³/mol. The molecule has 0 aromatic carbocycles. The first-order valence-corrected chi connectivity index (χ1v) is 6.30. The van der Waals surface area contributed by atoms with Crippen molar-refractivity contribution in [2.24, 2.45) is 5.41 Å². The minimum atomic E-state index is -0.501. The lowest BCUT2D eigenvalue weighted by atomic mass is 9.89. The fourth-order valence-electron chi connectivity index (χ4n) is 2.48. The first-order valence-electron chi connectivity index (χ1n) is 6.30. The van der Waals surface area contributed by atoms with Crippen LogP contribution in [0.2, 0.25) is 0 Å². The number of carbonyl (C=O) groups is 2. The number of likely N-dealkylation sites (tertiary alicyclic amines) is 1. The van der Waals surface area contributed by atoms with Crippen molar-refractivity contribution in [3.63, 3.8) is 0 Å². The number of hydrogen-bond acceptors (Lipinski definition) is 3. The van der Waals surface area contributed by atoms with Crippen LogP contribution in [0.25, 0.3) is 0 Å². The van der Waals surface area contributed by atoms with Crippen molar-refractivity contribution in [1.29, 1.82) is 0 Å². The Morgan fingerprint density at radius 3 is 2.47 bits per heavy atom. The Morgan fingerprint density at radius 2 is 2.00 bits per heavy atom. The van der Waals surface area contributed by atoms with Gasteiger partial charge in [-0.1, -0.05) is 0 Å². The number of carbonyl (C=O) groups excluding carboxylic acids is 2. The minimum Gasteiger partial charge on any atom is -0.444 e. The molecule has 1 aliphatic heterocycles. The second kappa shape index (κ2) is 4.00. The highest BCUT2D eigenvalue weighted by molar-refractivity contribution is 5.74. The van der Waals surface area contributed by atoms with Gasteiger partial charge in [-0.15, -0.1) is 0 Å². The van der Waals surface area contributed by atoms with Crippen molar-refractivity contribution in [3.8, 4) is 0 Å². The molecule has 1 aliphatic carbocycles. The van der Waals surface area contributed by atoms with Crippen molar-refractivity contribution in [2.45, 2.75) is 58.1 Å². The monoisotopic (exact) mass is 239 g/mol. The number of aldehydes is 1. The summed E-state index contributed by atoms with van der Waals surface area (Å²) in [6, 6.07) is -0.291. The Hall–Kier alpha value is -1.06. The molecule has 2 rings (SSSR count). The number of ether oxygens (including phenoxy) is 1. The van der Waals surface area contributed by atoms with E-state index in [1.165, 1.54) is 12.8 Å². The number of amides is 1. The zero-order valence-electron chi connectivity index (χ0n) is 10.9. The van der Waals surface area contributed by atoms with Crippen LogP contribution in [0.15, 0.2) is 0 Å². The highest BCUT2D eigenvalue weighted by atomic mass is 16.6. The Bertz CT molecular complexity index is 328. The van der Waals surface area contributed by atoms with E-state index in [1.54, 1.807) is 4.90 Å². The highest BCUT2D eigenvalue weighted by Crippen LogP contribution is 2.55. The van der Waals surface area contributed by atoms with Gasteiger partial charge in [-0.2, -0.15) is 0 Å². The second-order valence-corrected chi connectivity index (χ2v) is 6.33. The van der Waals surface area contributed by atoms with Crippen LogP contribution in [-0.2, 0) is 9.53 Å². The van der Waals surface area contributed by atoms with Gasteiger partial charge in [0.05, 0.1) is 6.04 Å². The summed E-state index contributed by atoms with van der Waals surface area (Å²) in [6.07, 6.45) is 4.78. The van der Waals surface area contributed by atoms with Crippen molar-refractivity contribution < 1.29 is 14.3 Å². The molecular formula is C13H21NO3. The van der Waals surface area contributed by atoms with Gasteiger partial charge in [0.15, 0.2) is 0 Å². The summed E-state index contributed by atoms with van der Waals surface area (Å²) in [6.45, 7) is 6.17. The first kappa shape index (κ1) is 12.4. The van der Waals surface area contributed by atoms with E-state index in [2.05, 4.69) is 0 Å². The summed E-state index contributed by atoms with van der Waals surface area (Å²) in [5.41, 5.74) is -0.136. The fourth-order valence-corrected chi connectivity index (χ4v) is 2.48. The molecular weight excluding hydrogens is 218 g/mol. The minimum absolute atomic E-state index is 0.291. The van der Waals surface area contributed by atoms with E-state index < -0.39 is 5.60 Å². The fraction of sp³-hybridized carbons (Fsp3) is 0.846. The van der Waals surface area contributed by atoms with Crippen molar-refractivity contribution >= 4 is 12.4 Å². The standard InChI is InChI=1S/C13H21NO3/c1-12(2,3)17-11(16)14-7-6-13(4-5-13)8-10(14)9-15/h9-10H,4-8H2,1-3H3. The van der Waals surface area contributed by atoms with Gasteiger partial charge in [-0.05, 0) is 51.9 Å². The van der Waals surface area contributed by atoms with Crippen LogP contribution in [-0.4, -0.2) is 35.5 Å². The molecule has 0 aromatic rings. The number of piperidine rings is 1. The quantitative estimate of drug-likeness (QED) is 0.660. The van der Waals surface area contributed by atoms with E-state index in [0.717, 1.165) is 19.1 Å². The average molecular weight is 239 g/mol. The molecule has 0 aromatic heterocycles. The van der Waals surface area contributed by atoms with Gasteiger partial charge in [0.1, 0.15) is 11.9 Å². The highest BCUT2D eigenvalue weighted by Gasteiger charge is 2.49. The summed E-state index contributed by atoms with van der Waals surface area (Å²) < 4.78 is 5.33. The van der Waals surface area contributed by atoms with E-state index in [1.807, 2.05) is 20.8 Å². The maximum atomic E-state index is 12.0. The molecule has 1 heterocycles. The van der Waals surface area contributed by atoms with Crippen molar-refractivity contribution in [3.05, 3.63) is 0 Å². The van der Waals surface area contributed by atoms with Crippen LogP contribution in [0.5, 0.6) is 0 Å². The second-order valence-electron chi connectivity index (χ2n) is 6.33. The molecule has 0 N–H and O–H groups in total. The molecule has 2 aliphatic rings. The molecule has 2 fully saturated rings.